The summed E-state index contributed by atoms with van der Waals surface area (Å²) < 4.78 is 0. The first-order chi connectivity index (χ1) is 6.13. The molecule has 0 spiro atoms. The van der Waals surface area contributed by atoms with Gasteiger partial charge in [-0.05, 0) is 38.0 Å². The van der Waals surface area contributed by atoms with E-state index in [0.717, 1.165) is 11.4 Å². The minimum Gasteiger partial charge on any atom is -0.368 e. The van der Waals surface area contributed by atoms with Crippen molar-refractivity contribution in [2.24, 2.45) is 0 Å². The molecule has 0 aromatic carbocycles. The Morgan fingerprint density at radius 3 is 2.69 bits per heavy atom. The van der Waals surface area contributed by atoms with Gasteiger partial charge in [-0.1, -0.05) is 0 Å². The van der Waals surface area contributed by atoms with Crippen molar-refractivity contribution in [2.75, 3.05) is 5.32 Å². The number of hydrogen-bond donors (Lipinski definition) is 1. The largest absolute Gasteiger partial charge is 0.368 e. The van der Waals surface area contributed by atoms with Crippen molar-refractivity contribution in [1.82, 2.24) is 4.98 Å². The summed E-state index contributed by atoms with van der Waals surface area (Å²) in [5.41, 5.74) is 2.28. The van der Waals surface area contributed by atoms with E-state index in [9.17, 15) is 0 Å². The summed E-state index contributed by atoms with van der Waals surface area (Å²) in [5, 5.41) is 3.24. The van der Waals surface area contributed by atoms with Gasteiger partial charge in [0, 0.05) is 18.1 Å². The summed E-state index contributed by atoms with van der Waals surface area (Å²) in [5.74, 6) is 1.45. The number of hydrogen-bond acceptors (Lipinski definition) is 2. The van der Waals surface area contributed by atoms with Crippen molar-refractivity contribution in [2.45, 2.75) is 32.7 Å². The van der Waals surface area contributed by atoms with E-state index in [1.807, 2.05) is 19.2 Å². The van der Waals surface area contributed by atoms with Crippen molar-refractivity contribution in [3.63, 3.8) is 0 Å². The zero-order chi connectivity index (χ0) is 9.84. The van der Waals surface area contributed by atoms with E-state index < -0.39 is 0 Å². The predicted octanol–water partition coefficient (Wildman–Crippen LogP) is 2.95. The molecule has 1 aromatic rings. The highest BCUT2D eigenvalue weighted by molar-refractivity contribution is 6.17. The number of pyridine rings is 1. The minimum atomic E-state index is 0.411. The standard InChI is InChI=1S/C10H15ClN2/c1-7(2)13-10-4-8(3)9(5-11)6-12-10/h4,6-7H,5H2,1-3H3,(H,12,13). The van der Waals surface area contributed by atoms with Crippen LogP contribution in [0.4, 0.5) is 5.82 Å². The van der Waals surface area contributed by atoms with E-state index in [0.29, 0.717) is 11.9 Å². The van der Waals surface area contributed by atoms with Crippen molar-refractivity contribution in [1.29, 1.82) is 0 Å². The Balaban J connectivity index is 2.83. The van der Waals surface area contributed by atoms with Gasteiger partial charge in [0.1, 0.15) is 5.82 Å². The predicted molar refractivity (Wildman–Crippen MR) is 57.3 cm³/mol. The normalized spacial score (nSPS) is 10.5. The molecule has 0 aliphatic rings. The summed E-state index contributed by atoms with van der Waals surface area (Å²) in [6, 6.07) is 2.44. The Morgan fingerprint density at radius 1 is 1.54 bits per heavy atom. The molecular formula is C10H15ClN2. The molecule has 0 saturated heterocycles. The Morgan fingerprint density at radius 2 is 2.23 bits per heavy atom. The van der Waals surface area contributed by atoms with Crippen molar-refractivity contribution in [3.8, 4) is 0 Å². The number of aromatic nitrogens is 1. The van der Waals surface area contributed by atoms with Crippen LogP contribution in [0.15, 0.2) is 12.3 Å². The van der Waals surface area contributed by atoms with Gasteiger partial charge >= 0.3 is 0 Å². The summed E-state index contributed by atoms with van der Waals surface area (Å²) >= 11 is 5.73. The van der Waals surface area contributed by atoms with E-state index >= 15 is 0 Å². The van der Waals surface area contributed by atoms with Gasteiger partial charge < -0.3 is 5.32 Å². The second kappa shape index (κ2) is 4.47. The molecule has 1 rings (SSSR count). The fourth-order valence-corrected chi connectivity index (χ4v) is 1.38. The molecule has 0 fully saturated rings. The van der Waals surface area contributed by atoms with Gasteiger partial charge in [0.2, 0.25) is 0 Å². The summed E-state index contributed by atoms with van der Waals surface area (Å²) in [6.07, 6.45) is 1.83. The van der Waals surface area contributed by atoms with Gasteiger partial charge in [0.15, 0.2) is 0 Å². The number of aryl methyl sites for hydroxylation is 1. The average molecular weight is 199 g/mol. The van der Waals surface area contributed by atoms with Gasteiger partial charge in [0.05, 0.1) is 0 Å². The molecule has 3 heteroatoms. The number of alkyl halides is 1. The lowest BCUT2D eigenvalue weighted by atomic mass is 10.2. The molecule has 72 valence electrons. The molecule has 1 aromatic heterocycles. The summed E-state index contributed by atoms with van der Waals surface area (Å²) in [7, 11) is 0. The smallest absolute Gasteiger partial charge is 0.126 e. The molecule has 0 radical (unpaired) electrons. The maximum atomic E-state index is 5.73. The van der Waals surface area contributed by atoms with Crippen LogP contribution in [0.25, 0.3) is 0 Å². The van der Waals surface area contributed by atoms with Gasteiger partial charge in [-0.25, -0.2) is 4.98 Å². The van der Waals surface area contributed by atoms with Crippen LogP contribution in [-0.2, 0) is 5.88 Å². The van der Waals surface area contributed by atoms with Crippen LogP contribution >= 0.6 is 11.6 Å². The quantitative estimate of drug-likeness (QED) is 0.756. The third kappa shape index (κ3) is 2.88. The molecule has 2 nitrogen and oxygen atoms in total. The van der Waals surface area contributed by atoms with Gasteiger partial charge in [-0.2, -0.15) is 0 Å². The van der Waals surface area contributed by atoms with Crippen LogP contribution in [0.2, 0.25) is 0 Å². The zero-order valence-corrected chi connectivity index (χ0v) is 9.02. The fraction of sp³-hybridized carbons (Fsp3) is 0.500. The second-order valence-corrected chi connectivity index (χ2v) is 3.70. The Hall–Kier alpha value is -0.760. The van der Waals surface area contributed by atoms with Gasteiger partial charge in [0.25, 0.3) is 0 Å². The molecule has 1 heterocycles. The highest BCUT2D eigenvalue weighted by Gasteiger charge is 2.00. The third-order valence-corrected chi connectivity index (χ3v) is 2.09. The van der Waals surface area contributed by atoms with Crippen LogP contribution in [0.1, 0.15) is 25.0 Å². The molecule has 1 N–H and O–H groups in total. The molecule has 0 unspecified atom stereocenters. The molecule has 0 atom stereocenters. The lowest BCUT2D eigenvalue weighted by Gasteiger charge is -2.10. The molecule has 0 saturated carbocycles. The van der Waals surface area contributed by atoms with Crippen molar-refractivity contribution >= 4 is 17.4 Å². The van der Waals surface area contributed by atoms with Crippen LogP contribution < -0.4 is 5.32 Å². The first kappa shape index (κ1) is 10.3. The maximum Gasteiger partial charge on any atom is 0.126 e. The lowest BCUT2D eigenvalue weighted by molar-refractivity contribution is 0.887. The van der Waals surface area contributed by atoms with E-state index in [1.54, 1.807) is 0 Å². The van der Waals surface area contributed by atoms with Crippen LogP contribution in [-0.4, -0.2) is 11.0 Å². The Bertz CT molecular complexity index is 284. The minimum absolute atomic E-state index is 0.411. The first-order valence-electron chi connectivity index (χ1n) is 4.41. The van der Waals surface area contributed by atoms with Crippen LogP contribution in [0.3, 0.4) is 0 Å². The van der Waals surface area contributed by atoms with Gasteiger partial charge in [-0.15, -0.1) is 11.6 Å². The molecule has 0 aliphatic carbocycles. The first-order valence-corrected chi connectivity index (χ1v) is 4.95. The highest BCUT2D eigenvalue weighted by atomic mass is 35.5. The van der Waals surface area contributed by atoms with E-state index in [2.05, 4.69) is 24.1 Å². The van der Waals surface area contributed by atoms with E-state index in [4.69, 9.17) is 11.6 Å². The summed E-state index contributed by atoms with van der Waals surface area (Å²) in [4.78, 5) is 4.25. The van der Waals surface area contributed by atoms with Crippen LogP contribution in [0, 0.1) is 6.92 Å². The highest BCUT2D eigenvalue weighted by Crippen LogP contribution is 2.14. The SMILES string of the molecule is Cc1cc(NC(C)C)ncc1CCl. The van der Waals surface area contributed by atoms with Crippen molar-refractivity contribution in [3.05, 3.63) is 23.4 Å². The topological polar surface area (TPSA) is 24.9 Å². The Kier molecular flexibility index (Phi) is 3.55. The number of halogens is 1. The number of rotatable bonds is 3. The molecule has 13 heavy (non-hydrogen) atoms. The Labute approximate surface area is 84.3 Å². The molecule has 0 amide bonds. The lowest BCUT2D eigenvalue weighted by Crippen LogP contribution is -2.11. The van der Waals surface area contributed by atoms with Crippen molar-refractivity contribution < 1.29 is 0 Å². The van der Waals surface area contributed by atoms with E-state index in [1.165, 1.54) is 5.56 Å². The molecule has 0 aliphatic heterocycles. The molecule has 0 bridgehead atoms. The van der Waals surface area contributed by atoms with E-state index in [-0.39, 0.29) is 0 Å². The average Bonchev–Trinajstić information content (AvgIpc) is 2.03. The number of nitrogens with one attached hydrogen (secondary N) is 1. The third-order valence-electron chi connectivity index (χ3n) is 1.80. The number of anilines is 1. The van der Waals surface area contributed by atoms with Gasteiger partial charge in [-0.3, -0.25) is 0 Å². The zero-order valence-electron chi connectivity index (χ0n) is 8.26. The monoisotopic (exact) mass is 198 g/mol. The fourth-order valence-electron chi connectivity index (χ4n) is 1.10. The second-order valence-electron chi connectivity index (χ2n) is 3.43. The summed E-state index contributed by atoms with van der Waals surface area (Å²) in [6.45, 7) is 6.23. The molecular weight excluding hydrogens is 184 g/mol. The maximum absolute atomic E-state index is 5.73. The number of nitrogens with zero attached hydrogens (tertiary/aromatic N) is 1. The van der Waals surface area contributed by atoms with Crippen LogP contribution in [0.5, 0.6) is 0 Å².